The summed E-state index contributed by atoms with van der Waals surface area (Å²) in [5.74, 6) is -0.0130. The van der Waals surface area contributed by atoms with E-state index in [0.717, 1.165) is 25.7 Å². The second kappa shape index (κ2) is 5.34. The van der Waals surface area contributed by atoms with Crippen LogP contribution in [0.4, 0.5) is 0 Å². The normalized spacial score (nSPS) is 30.4. The van der Waals surface area contributed by atoms with Crippen LogP contribution in [0.3, 0.4) is 0 Å². The van der Waals surface area contributed by atoms with E-state index in [1.807, 2.05) is 6.08 Å². The molecule has 1 fully saturated rings. The first-order valence-electron chi connectivity index (χ1n) is 6.41. The number of esters is 1. The summed E-state index contributed by atoms with van der Waals surface area (Å²) in [6, 6.07) is 1.79. The van der Waals surface area contributed by atoms with Crippen molar-refractivity contribution in [1.82, 2.24) is 0 Å². The third kappa shape index (κ3) is 2.61. The van der Waals surface area contributed by atoms with Gasteiger partial charge < -0.3 is 4.74 Å². The number of carbonyl (C=O) groups excluding carboxylic acids is 2. The summed E-state index contributed by atoms with van der Waals surface area (Å²) in [6.07, 6.45) is 8.13. The van der Waals surface area contributed by atoms with Crippen LogP contribution in [0.2, 0.25) is 0 Å². The lowest BCUT2D eigenvalue weighted by molar-refractivity contribution is -0.147. The average Bonchev–Trinajstić information content (AvgIpc) is 2.37. The van der Waals surface area contributed by atoms with Crippen LogP contribution in [0.25, 0.3) is 0 Å². The fraction of sp³-hybridized carbons (Fsp3) is 0.643. The minimum absolute atomic E-state index is 0.167. The zero-order valence-electron chi connectivity index (χ0n) is 10.4. The van der Waals surface area contributed by atoms with Gasteiger partial charge in [0.2, 0.25) is 0 Å². The number of carbonyl (C=O) groups is 2. The highest BCUT2D eigenvalue weighted by Crippen LogP contribution is 2.46. The molecule has 0 radical (unpaired) electrons. The van der Waals surface area contributed by atoms with Crippen LogP contribution < -0.4 is 0 Å². The van der Waals surface area contributed by atoms with Crippen LogP contribution in [-0.2, 0) is 14.3 Å². The predicted octanol–water partition coefficient (Wildman–Crippen LogP) is 2.15. The molecule has 2 atom stereocenters. The summed E-state index contributed by atoms with van der Waals surface area (Å²) in [5, 5.41) is 8.43. The molecule has 0 saturated heterocycles. The van der Waals surface area contributed by atoms with Gasteiger partial charge in [-0.1, -0.05) is 18.9 Å². The van der Waals surface area contributed by atoms with Gasteiger partial charge in [0.05, 0.1) is 6.07 Å². The second-order valence-electron chi connectivity index (χ2n) is 5.18. The molecule has 0 N–H and O–H groups in total. The fourth-order valence-electron chi connectivity index (χ4n) is 3.00. The smallest absolute Gasteiger partial charge is 0.320 e. The Balaban J connectivity index is 2.06. The van der Waals surface area contributed by atoms with Gasteiger partial charge in [-0.05, 0) is 24.8 Å². The standard InChI is InChI=1S/C14H17NO3/c15-8-5-13(17)18-10-14-6-2-1-3-11(14)9-12(16)4-7-14/h4,7,11H,1-3,5-6,9-10H2/t11-,14-/m1/s1. The van der Waals surface area contributed by atoms with E-state index in [0.29, 0.717) is 18.9 Å². The van der Waals surface area contributed by atoms with E-state index in [-0.39, 0.29) is 17.6 Å². The molecule has 0 bridgehead atoms. The Kier molecular flexibility index (Phi) is 3.81. The molecule has 0 spiro atoms. The van der Waals surface area contributed by atoms with Gasteiger partial charge in [0.25, 0.3) is 0 Å². The molecule has 0 heterocycles. The molecule has 0 aromatic rings. The number of rotatable bonds is 3. The van der Waals surface area contributed by atoms with E-state index in [4.69, 9.17) is 10.00 Å². The van der Waals surface area contributed by atoms with Crippen LogP contribution in [0.15, 0.2) is 12.2 Å². The largest absolute Gasteiger partial charge is 0.464 e. The average molecular weight is 247 g/mol. The van der Waals surface area contributed by atoms with Gasteiger partial charge in [-0.2, -0.15) is 5.26 Å². The molecule has 0 aliphatic heterocycles. The Labute approximate surface area is 107 Å². The molecule has 1 saturated carbocycles. The number of nitriles is 1. The van der Waals surface area contributed by atoms with E-state index < -0.39 is 5.97 Å². The van der Waals surface area contributed by atoms with Crippen molar-refractivity contribution in [2.24, 2.45) is 11.3 Å². The minimum Gasteiger partial charge on any atom is -0.464 e. The van der Waals surface area contributed by atoms with Crippen molar-refractivity contribution in [1.29, 1.82) is 5.26 Å². The monoisotopic (exact) mass is 247 g/mol. The van der Waals surface area contributed by atoms with E-state index in [2.05, 4.69) is 0 Å². The minimum atomic E-state index is -0.471. The number of ether oxygens (including phenoxy) is 1. The van der Waals surface area contributed by atoms with Crippen molar-refractivity contribution in [3.63, 3.8) is 0 Å². The highest BCUT2D eigenvalue weighted by Gasteiger charge is 2.42. The lowest BCUT2D eigenvalue weighted by Gasteiger charge is -2.43. The number of ketones is 1. The molecule has 4 nitrogen and oxygen atoms in total. The van der Waals surface area contributed by atoms with Gasteiger partial charge in [-0.3, -0.25) is 9.59 Å². The molecule has 2 aliphatic carbocycles. The lowest BCUT2D eigenvalue weighted by Crippen LogP contribution is -2.40. The molecule has 0 aromatic carbocycles. The van der Waals surface area contributed by atoms with Gasteiger partial charge in [0.1, 0.15) is 13.0 Å². The summed E-state index contributed by atoms with van der Waals surface area (Å²) in [7, 11) is 0. The number of allylic oxidation sites excluding steroid dienone is 1. The molecule has 18 heavy (non-hydrogen) atoms. The molecule has 0 unspecified atom stereocenters. The molecule has 4 heteroatoms. The van der Waals surface area contributed by atoms with Crippen molar-refractivity contribution in [3.8, 4) is 6.07 Å². The number of hydrogen-bond acceptors (Lipinski definition) is 4. The number of hydrogen-bond donors (Lipinski definition) is 0. The summed E-state index contributed by atoms with van der Waals surface area (Å²) < 4.78 is 5.19. The Bertz CT molecular complexity index is 421. The van der Waals surface area contributed by atoms with Crippen molar-refractivity contribution < 1.29 is 14.3 Å². The number of nitrogens with zero attached hydrogens (tertiary/aromatic N) is 1. The molecule has 96 valence electrons. The third-order valence-electron chi connectivity index (χ3n) is 4.03. The maximum atomic E-state index is 11.5. The first kappa shape index (κ1) is 12.8. The predicted molar refractivity (Wildman–Crippen MR) is 64.3 cm³/mol. The molecule has 2 rings (SSSR count). The van der Waals surface area contributed by atoms with E-state index in [9.17, 15) is 9.59 Å². The van der Waals surface area contributed by atoms with Crippen LogP contribution in [0.1, 0.15) is 38.5 Å². The highest BCUT2D eigenvalue weighted by molar-refractivity contribution is 5.91. The summed E-state index contributed by atoms with van der Waals surface area (Å²) in [4.78, 5) is 22.7. The summed E-state index contributed by atoms with van der Waals surface area (Å²) in [5.41, 5.74) is -0.169. The van der Waals surface area contributed by atoms with E-state index in [1.165, 1.54) is 0 Å². The Morgan fingerprint density at radius 3 is 3.17 bits per heavy atom. The third-order valence-corrected chi connectivity index (χ3v) is 4.03. The van der Waals surface area contributed by atoms with Gasteiger partial charge in [-0.15, -0.1) is 0 Å². The van der Waals surface area contributed by atoms with Gasteiger partial charge in [0.15, 0.2) is 5.78 Å². The molecular formula is C14H17NO3. The molecule has 0 amide bonds. The van der Waals surface area contributed by atoms with Crippen LogP contribution in [0, 0.1) is 22.7 Å². The van der Waals surface area contributed by atoms with Gasteiger partial charge in [0, 0.05) is 11.8 Å². The quantitative estimate of drug-likeness (QED) is 0.717. The van der Waals surface area contributed by atoms with E-state index >= 15 is 0 Å². The Morgan fingerprint density at radius 1 is 1.56 bits per heavy atom. The van der Waals surface area contributed by atoms with Crippen molar-refractivity contribution in [2.45, 2.75) is 38.5 Å². The van der Waals surface area contributed by atoms with Crippen molar-refractivity contribution in [3.05, 3.63) is 12.2 Å². The Hall–Kier alpha value is -1.63. The zero-order chi connectivity index (χ0) is 13.0. The summed E-state index contributed by atoms with van der Waals surface area (Å²) >= 11 is 0. The lowest BCUT2D eigenvalue weighted by atomic mass is 9.62. The van der Waals surface area contributed by atoms with Crippen LogP contribution >= 0.6 is 0 Å². The zero-order valence-corrected chi connectivity index (χ0v) is 10.4. The van der Waals surface area contributed by atoms with Crippen LogP contribution in [-0.4, -0.2) is 18.4 Å². The molecule has 0 aromatic heterocycles. The van der Waals surface area contributed by atoms with Crippen LogP contribution in [0.5, 0.6) is 0 Å². The van der Waals surface area contributed by atoms with Crippen molar-refractivity contribution in [2.75, 3.05) is 6.61 Å². The first-order chi connectivity index (χ1) is 8.66. The molecule has 2 aliphatic rings. The maximum Gasteiger partial charge on any atom is 0.320 e. The number of fused-ring (bicyclic) bond motifs is 1. The van der Waals surface area contributed by atoms with Crippen molar-refractivity contribution >= 4 is 11.8 Å². The van der Waals surface area contributed by atoms with E-state index in [1.54, 1.807) is 12.1 Å². The fourth-order valence-corrected chi connectivity index (χ4v) is 3.00. The first-order valence-corrected chi connectivity index (χ1v) is 6.41. The maximum absolute atomic E-state index is 11.5. The van der Waals surface area contributed by atoms with Gasteiger partial charge >= 0.3 is 5.97 Å². The molecular weight excluding hydrogens is 230 g/mol. The highest BCUT2D eigenvalue weighted by atomic mass is 16.5. The van der Waals surface area contributed by atoms with Gasteiger partial charge in [-0.25, -0.2) is 0 Å². The SMILES string of the molecule is N#CCC(=O)OC[C@@]12C=CC(=O)C[C@H]1CCCC2. The second-order valence-corrected chi connectivity index (χ2v) is 5.18. The topological polar surface area (TPSA) is 67.2 Å². The Morgan fingerprint density at radius 2 is 2.39 bits per heavy atom. The summed E-state index contributed by atoms with van der Waals surface area (Å²) in [6.45, 7) is 0.308.